The molecule has 0 fully saturated rings. The second-order valence-electron chi connectivity index (χ2n) is 4.25. The molecule has 20 heavy (non-hydrogen) atoms. The van der Waals surface area contributed by atoms with Gasteiger partial charge in [-0.25, -0.2) is 0 Å². The Bertz CT molecular complexity index is 807. The fourth-order valence-electron chi connectivity index (χ4n) is 1.93. The number of fused-ring (bicyclic) bond motifs is 1. The van der Waals surface area contributed by atoms with E-state index in [1.807, 2.05) is 0 Å². The summed E-state index contributed by atoms with van der Waals surface area (Å²) in [6.07, 6.45) is 0. The highest BCUT2D eigenvalue weighted by Gasteiger charge is 2.16. The zero-order valence-electron chi connectivity index (χ0n) is 9.99. The average molecular weight is 370 g/mol. The highest BCUT2D eigenvalue weighted by Crippen LogP contribution is 2.31. The maximum atomic E-state index is 12.3. The van der Waals surface area contributed by atoms with E-state index in [1.165, 1.54) is 0 Å². The molecule has 100 valence electrons. The molecule has 0 amide bonds. The maximum Gasteiger partial charge on any atom is 0.228 e. The first kappa shape index (κ1) is 13.7. The third-order valence-corrected chi connectivity index (χ3v) is 3.89. The minimum atomic E-state index is -0.194. The zero-order chi connectivity index (χ0) is 14.3. The van der Waals surface area contributed by atoms with Crippen LogP contribution >= 0.6 is 39.1 Å². The van der Waals surface area contributed by atoms with Crippen LogP contribution in [0.3, 0.4) is 0 Å². The molecule has 2 aromatic carbocycles. The van der Waals surface area contributed by atoms with Gasteiger partial charge in [0.2, 0.25) is 5.78 Å². The predicted molar refractivity (Wildman–Crippen MR) is 83.8 cm³/mol. The van der Waals surface area contributed by atoms with Crippen molar-refractivity contribution >= 4 is 55.9 Å². The Labute approximate surface area is 133 Å². The Morgan fingerprint density at radius 3 is 2.45 bits per heavy atom. The molecule has 0 radical (unpaired) electrons. The molecule has 2 nitrogen and oxygen atoms in total. The summed E-state index contributed by atoms with van der Waals surface area (Å²) in [5.74, 6) is 0.0485. The first-order valence-electron chi connectivity index (χ1n) is 5.73. The maximum absolute atomic E-state index is 12.3. The quantitative estimate of drug-likeness (QED) is 0.539. The van der Waals surface area contributed by atoms with Gasteiger partial charge in [-0.2, -0.15) is 0 Å². The molecule has 5 heteroatoms. The number of halogens is 3. The predicted octanol–water partition coefficient (Wildman–Crippen LogP) is 5.73. The van der Waals surface area contributed by atoms with Gasteiger partial charge in [0.1, 0.15) is 0 Å². The molecule has 0 unspecified atom stereocenters. The van der Waals surface area contributed by atoms with Crippen LogP contribution in [0.15, 0.2) is 51.4 Å². The van der Waals surface area contributed by atoms with E-state index in [9.17, 15) is 4.79 Å². The molecule has 3 aromatic rings. The fraction of sp³-hybridized carbons (Fsp3) is 0. The largest absolute Gasteiger partial charge is 0.451 e. The number of hydrogen-bond donors (Lipinski definition) is 0. The van der Waals surface area contributed by atoms with Crippen LogP contribution in [0.4, 0.5) is 0 Å². The molecule has 0 aliphatic heterocycles. The second-order valence-corrected chi connectivity index (χ2v) is 6.01. The van der Waals surface area contributed by atoms with Crippen molar-refractivity contribution in [3.63, 3.8) is 0 Å². The van der Waals surface area contributed by atoms with Crippen LogP contribution in [0.1, 0.15) is 16.1 Å². The van der Waals surface area contributed by atoms with E-state index < -0.39 is 0 Å². The molecular formula is C15H7BrCl2O2. The van der Waals surface area contributed by atoms with E-state index in [-0.39, 0.29) is 11.5 Å². The van der Waals surface area contributed by atoms with Crippen molar-refractivity contribution in [2.75, 3.05) is 0 Å². The molecule has 0 spiro atoms. The number of carbonyl (C=O) groups excluding carboxylic acids is 1. The minimum Gasteiger partial charge on any atom is -0.451 e. The van der Waals surface area contributed by atoms with Crippen molar-refractivity contribution in [3.05, 3.63) is 68.3 Å². The SMILES string of the molecule is O=C(c1ccc(Br)cc1)c1cc2cc(Cl)cc(Cl)c2o1. The van der Waals surface area contributed by atoms with Gasteiger partial charge in [-0.3, -0.25) is 4.79 Å². The number of hydrogen-bond acceptors (Lipinski definition) is 2. The van der Waals surface area contributed by atoms with Crippen LogP contribution in [0.5, 0.6) is 0 Å². The van der Waals surface area contributed by atoms with Gasteiger partial charge in [0.15, 0.2) is 11.3 Å². The Hall–Kier alpha value is -1.29. The summed E-state index contributed by atoms with van der Waals surface area (Å²) in [4.78, 5) is 12.3. The second kappa shape index (κ2) is 5.24. The van der Waals surface area contributed by atoms with Gasteiger partial charge < -0.3 is 4.42 Å². The van der Waals surface area contributed by atoms with Crippen LogP contribution in [-0.4, -0.2) is 5.78 Å². The Morgan fingerprint density at radius 2 is 1.75 bits per heavy atom. The summed E-state index contributed by atoms with van der Waals surface area (Å²) in [6, 6.07) is 12.0. The highest BCUT2D eigenvalue weighted by molar-refractivity contribution is 9.10. The van der Waals surface area contributed by atoms with E-state index in [0.717, 1.165) is 4.47 Å². The summed E-state index contributed by atoms with van der Waals surface area (Å²) in [5.41, 5.74) is 1.02. The highest BCUT2D eigenvalue weighted by atomic mass is 79.9. The first-order chi connectivity index (χ1) is 9.54. The van der Waals surface area contributed by atoms with Gasteiger partial charge in [0, 0.05) is 20.4 Å². The smallest absolute Gasteiger partial charge is 0.228 e. The summed E-state index contributed by atoms with van der Waals surface area (Å²) in [5, 5.41) is 1.61. The summed E-state index contributed by atoms with van der Waals surface area (Å²) in [7, 11) is 0. The van der Waals surface area contributed by atoms with Crippen LogP contribution in [0.25, 0.3) is 11.0 Å². The summed E-state index contributed by atoms with van der Waals surface area (Å²) in [6.45, 7) is 0. The number of rotatable bonds is 2. The van der Waals surface area contributed by atoms with E-state index >= 15 is 0 Å². The summed E-state index contributed by atoms with van der Waals surface area (Å²) < 4.78 is 6.46. The third-order valence-electron chi connectivity index (χ3n) is 2.87. The topological polar surface area (TPSA) is 30.2 Å². The van der Waals surface area contributed by atoms with E-state index in [1.54, 1.807) is 42.5 Å². The molecule has 0 aliphatic rings. The van der Waals surface area contributed by atoms with E-state index in [0.29, 0.717) is 26.6 Å². The lowest BCUT2D eigenvalue weighted by Gasteiger charge is -1.97. The van der Waals surface area contributed by atoms with Crippen LogP contribution < -0.4 is 0 Å². The van der Waals surface area contributed by atoms with Crippen molar-refractivity contribution in [1.29, 1.82) is 0 Å². The van der Waals surface area contributed by atoms with Crippen molar-refractivity contribution in [2.24, 2.45) is 0 Å². The van der Waals surface area contributed by atoms with Crippen molar-refractivity contribution in [1.82, 2.24) is 0 Å². The monoisotopic (exact) mass is 368 g/mol. The lowest BCUT2D eigenvalue weighted by molar-refractivity contribution is 0.101. The van der Waals surface area contributed by atoms with Gasteiger partial charge in [-0.15, -0.1) is 0 Å². The molecule has 1 aromatic heterocycles. The van der Waals surface area contributed by atoms with E-state index in [4.69, 9.17) is 27.6 Å². The van der Waals surface area contributed by atoms with Crippen molar-refractivity contribution in [2.45, 2.75) is 0 Å². The molecule has 0 bridgehead atoms. The standard InChI is InChI=1S/C15H7BrCl2O2/c16-10-3-1-8(2-4-10)14(19)13-6-9-5-11(17)7-12(18)15(9)20-13/h1-7H. The number of ketones is 1. The lowest BCUT2D eigenvalue weighted by Crippen LogP contribution is -1.98. The lowest BCUT2D eigenvalue weighted by atomic mass is 10.1. The molecule has 0 saturated carbocycles. The van der Waals surface area contributed by atoms with Crippen LogP contribution in [-0.2, 0) is 0 Å². The van der Waals surface area contributed by atoms with Crippen LogP contribution in [0, 0.1) is 0 Å². The normalized spacial score (nSPS) is 10.9. The van der Waals surface area contributed by atoms with Gasteiger partial charge in [-0.05, 0) is 42.5 Å². The third kappa shape index (κ3) is 2.49. The van der Waals surface area contributed by atoms with Gasteiger partial charge in [-0.1, -0.05) is 39.1 Å². The number of benzene rings is 2. The van der Waals surface area contributed by atoms with Gasteiger partial charge >= 0.3 is 0 Å². The molecule has 0 N–H and O–H groups in total. The molecule has 1 heterocycles. The van der Waals surface area contributed by atoms with Crippen molar-refractivity contribution in [3.8, 4) is 0 Å². The minimum absolute atomic E-state index is 0.194. The first-order valence-corrected chi connectivity index (χ1v) is 7.28. The average Bonchev–Trinajstić information content (AvgIpc) is 2.83. The Morgan fingerprint density at radius 1 is 1.05 bits per heavy atom. The Kier molecular flexibility index (Phi) is 3.59. The zero-order valence-corrected chi connectivity index (χ0v) is 13.1. The van der Waals surface area contributed by atoms with Crippen molar-refractivity contribution < 1.29 is 9.21 Å². The van der Waals surface area contributed by atoms with Gasteiger partial charge in [0.25, 0.3) is 0 Å². The van der Waals surface area contributed by atoms with E-state index in [2.05, 4.69) is 15.9 Å². The van der Waals surface area contributed by atoms with Crippen LogP contribution in [0.2, 0.25) is 10.0 Å². The molecule has 3 rings (SSSR count). The number of carbonyl (C=O) groups is 1. The fourth-order valence-corrected chi connectivity index (χ4v) is 2.74. The molecular weight excluding hydrogens is 363 g/mol. The number of furan rings is 1. The Balaban J connectivity index is 2.08. The molecule has 0 saturated heterocycles. The van der Waals surface area contributed by atoms with Gasteiger partial charge in [0.05, 0.1) is 5.02 Å². The summed E-state index contributed by atoms with van der Waals surface area (Å²) >= 11 is 15.3. The molecule has 0 aliphatic carbocycles. The molecule has 0 atom stereocenters.